The van der Waals surface area contributed by atoms with E-state index in [2.05, 4.69) is 15.0 Å². The number of benzene rings is 3. The molecule has 1 fully saturated rings. The molecule has 0 N–H and O–H groups in total. The fourth-order valence-corrected chi connectivity index (χ4v) is 4.96. The number of ether oxygens (including phenoxy) is 3. The molecule has 6 rings (SSSR count). The Kier molecular flexibility index (Phi) is 7.50. The van der Waals surface area contributed by atoms with E-state index < -0.39 is 30.4 Å². The Labute approximate surface area is 243 Å². The minimum absolute atomic E-state index is 0.0920. The Morgan fingerprint density at radius 2 is 1.40 bits per heavy atom. The molecule has 1 saturated heterocycles. The SMILES string of the molecule is Cc1ccc(C(=O)OC[C@H]2O[C@@H](n3cnc4c(-c5ccc(C)cc5)ncnc43)CC2OC(=O)c2ccc(C)cc2)cc1. The van der Waals surface area contributed by atoms with Crippen LogP contribution in [-0.4, -0.2) is 50.3 Å². The highest BCUT2D eigenvalue weighted by Crippen LogP contribution is 2.35. The number of esters is 2. The molecule has 0 spiro atoms. The predicted molar refractivity (Wildman–Crippen MR) is 156 cm³/mol. The van der Waals surface area contributed by atoms with E-state index in [1.165, 1.54) is 6.33 Å². The molecule has 5 aromatic rings. The number of hydrogen-bond donors (Lipinski definition) is 0. The number of hydrogen-bond acceptors (Lipinski definition) is 8. The molecule has 0 amide bonds. The second-order valence-electron chi connectivity index (χ2n) is 10.6. The molecule has 0 bridgehead atoms. The van der Waals surface area contributed by atoms with Gasteiger partial charge in [-0.25, -0.2) is 24.5 Å². The van der Waals surface area contributed by atoms with Crippen molar-refractivity contribution in [2.75, 3.05) is 6.61 Å². The van der Waals surface area contributed by atoms with E-state index in [0.29, 0.717) is 34.4 Å². The number of aromatic nitrogens is 4. The fraction of sp³-hybridized carbons (Fsp3) is 0.242. The van der Waals surface area contributed by atoms with Crippen LogP contribution in [0.3, 0.4) is 0 Å². The molecule has 0 saturated carbocycles. The Morgan fingerprint density at radius 3 is 2.05 bits per heavy atom. The van der Waals surface area contributed by atoms with E-state index in [1.54, 1.807) is 30.6 Å². The lowest BCUT2D eigenvalue weighted by atomic mass is 10.1. The van der Waals surface area contributed by atoms with Gasteiger partial charge in [-0.15, -0.1) is 0 Å². The molecular formula is C33H30N4O5. The molecule has 42 heavy (non-hydrogen) atoms. The fourth-order valence-electron chi connectivity index (χ4n) is 4.96. The zero-order valence-corrected chi connectivity index (χ0v) is 23.6. The van der Waals surface area contributed by atoms with Crippen molar-refractivity contribution in [3.05, 3.63) is 113 Å². The lowest BCUT2D eigenvalue weighted by molar-refractivity contribution is -0.0563. The van der Waals surface area contributed by atoms with E-state index in [1.807, 2.05) is 73.9 Å². The maximum atomic E-state index is 13.1. The van der Waals surface area contributed by atoms with Crippen molar-refractivity contribution in [3.63, 3.8) is 0 Å². The molecule has 2 aromatic heterocycles. The van der Waals surface area contributed by atoms with Crippen LogP contribution >= 0.6 is 0 Å². The average Bonchev–Trinajstić information content (AvgIpc) is 3.61. The van der Waals surface area contributed by atoms with Gasteiger partial charge < -0.3 is 14.2 Å². The first-order valence-electron chi connectivity index (χ1n) is 13.8. The van der Waals surface area contributed by atoms with Gasteiger partial charge in [-0.1, -0.05) is 65.2 Å². The van der Waals surface area contributed by atoms with Crippen molar-refractivity contribution in [2.45, 2.75) is 45.6 Å². The molecule has 9 heteroatoms. The molecule has 1 aliphatic heterocycles. The molecule has 3 aromatic carbocycles. The zero-order chi connectivity index (χ0) is 29.2. The molecule has 9 nitrogen and oxygen atoms in total. The lowest BCUT2D eigenvalue weighted by Crippen LogP contribution is -2.32. The van der Waals surface area contributed by atoms with E-state index in [4.69, 9.17) is 14.2 Å². The minimum Gasteiger partial charge on any atom is -0.459 e. The first-order chi connectivity index (χ1) is 20.4. The number of carbonyl (C=O) groups is 2. The number of rotatable bonds is 7. The third-order valence-corrected chi connectivity index (χ3v) is 7.39. The number of nitrogens with zero attached hydrogens (tertiary/aromatic N) is 4. The van der Waals surface area contributed by atoms with Gasteiger partial charge in [-0.05, 0) is 45.0 Å². The Bertz CT molecular complexity index is 1730. The highest BCUT2D eigenvalue weighted by atomic mass is 16.6. The molecule has 3 atom stereocenters. The first-order valence-corrected chi connectivity index (χ1v) is 13.8. The molecule has 1 aliphatic rings. The van der Waals surface area contributed by atoms with Crippen molar-refractivity contribution >= 4 is 23.1 Å². The van der Waals surface area contributed by atoms with Crippen LogP contribution in [0.15, 0.2) is 85.5 Å². The largest absolute Gasteiger partial charge is 0.459 e. The van der Waals surface area contributed by atoms with E-state index in [9.17, 15) is 9.59 Å². The second kappa shape index (κ2) is 11.5. The quantitative estimate of drug-likeness (QED) is 0.230. The van der Waals surface area contributed by atoms with Crippen LogP contribution in [0.1, 0.15) is 50.1 Å². The first kappa shape index (κ1) is 27.3. The maximum absolute atomic E-state index is 13.1. The summed E-state index contributed by atoms with van der Waals surface area (Å²) in [5, 5.41) is 0. The van der Waals surface area contributed by atoms with Gasteiger partial charge in [0.15, 0.2) is 5.65 Å². The third-order valence-electron chi connectivity index (χ3n) is 7.39. The van der Waals surface area contributed by atoms with Crippen LogP contribution in [0.25, 0.3) is 22.4 Å². The Morgan fingerprint density at radius 1 is 0.810 bits per heavy atom. The third kappa shape index (κ3) is 5.64. The normalized spacial score (nSPS) is 18.2. The second-order valence-corrected chi connectivity index (χ2v) is 10.6. The van der Waals surface area contributed by atoms with Gasteiger partial charge >= 0.3 is 11.9 Å². The van der Waals surface area contributed by atoms with Crippen molar-refractivity contribution in [3.8, 4) is 11.3 Å². The molecule has 212 valence electrons. The standard InChI is InChI=1S/C33H30N4O5/c1-20-4-10-23(11-5-20)29-30-31(35-18-34-29)37(19-36-30)28-16-26(42-33(39)25-14-8-22(3)9-15-25)27(41-28)17-40-32(38)24-12-6-21(2)7-13-24/h4-15,18-19,26-28H,16-17H2,1-3H3/t26?,27-,28-/m1/s1. The van der Waals surface area contributed by atoms with E-state index in [-0.39, 0.29) is 6.61 Å². The van der Waals surface area contributed by atoms with Gasteiger partial charge in [0.05, 0.1) is 17.5 Å². The summed E-state index contributed by atoms with van der Waals surface area (Å²) in [6.07, 6.45) is 1.54. The lowest BCUT2D eigenvalue weighted by Gasteiger charge is -2.19. The summed E-state index contributed by atoms with van der Waals surface area (Å²) in [7, 11) is 0. The van der Waals surface area contributed by atoms with Gasteiger partial charge in [0.1, 0.15) is 42.6 Å². The van der Waals surface area contributed by atoms with Gasteiger partial charge in [0, 0.05) is 12.0 Å². The average molecular weight is 563 g/mol. The summed E-state index contributed by atoms with van der Waals surface area (Å²) < 4.78 is 19.7. The van der Waals surface area contributed by atoms with E-state index in [0.717, 1.165) is 22.3 Å². The van der Waals surface area contributed by atoms with Crippen LogP contribution in [0.5, 0.6) is 0 Å². The maximum Gasteiger partial charge on any atom is 0.338 e. The van der Waals surface area contributed by atoms with Gasteiger partial charge in [0.25, 0.3) is 0 Å². The number of carbonyl (C=O) groups excluding carboxylic acids is 2. The summed E-state index contributed by atoms with van der Waals surface area (Å²) in [6, 6.07) is 22.3. The zero-order valence-electron chi connectivity index (χ0n) is 23.6. The van der Waals surface area contributed by atoms with Crippen molar-refractivity contribution in [1.29, 1.82) is 0 Å². The molecular weight excluding hydrogens is 532 g/mol. The summed E-state index contributed by atoms with van der Waals surface area (Å²) in [4.78, 5) is 39.4. The Balaban J connectivity index is 1.25. The summed E-state index contributed by atoms with van der Waals surface area (Å²) in [5.74, 6) is -0.951. The van der Waals surface area contributed by atoms with Crippen LogP contribution in [0.4, 0.5) is 0 Å². The van der Waals surface area contributed by atoms with Gasteiger partial charge in [-0.3, -0.25) is 4.57 Å². The summed E-state index contributed by atoms with van der Waals surface area (Å²) >= 11 is 0. The van der Waals surface area contributed by atoms with Crippen LogP contribution in [0.2, 0.25) is 0 Å². The topological polar surface area (TPSA) is 105 Å². The van der Waals surface area contributed by atoms with Gasteiger partial charge in [-0.2, -0.15) is 0 Å². The monoisotopic (exact) mass is 562 g/mol. The van der Waals surface area contributed by atoms with Crippen LogP contribution in [0, 0.1) is 20.8 Å². The summed E-state index contributed by atoms with van der Waals surface area (Å²) in [6.45, 7) is 5.84. The summed E-state index contributed by atoms with van der Waals surface area (Å²) in [5.41, 5.74) is 6.95. The molecule has 3 heterocycles. The predicted octanol–water partition coefficient (Wildman–Crippen LogP) is 5.79. The Hall–Kier alpha value is -4.89. The molecule has 1 unspecified atom stereocenters. The smallest absolute Gasteiger partial charge is 0.338 e. The minimum atomic E-state index is -0.699. The highest BCUT2D eigenvalue weighted by Gasteiger charge is 2.40. The molecule has 0 radical (unpaired) electrons. The number of fused-ring (bicyclic) bond motifs is 1. The van der Waals surface area contributed by atoms with Crippen molar-refractivity contribution in [2.24, 2.45) is 0 Å². The van der Waals surface area contributed by atoms with Crippen LogP contribution in [-0.2, 0) is 14.2 Å². The molecule has 0 aliphatic carbocycles. The van der Waals surface area contributed by atoms with Crippen molar-refractivity contribution < 1.29 is 23.8 Å². The van der Waals surface area contributed by atoms with Crippen molar-refractivity contribution in [1.82, 2.24) is 19.5 Å². The van der Waals surface area contributed by atoms with E-state index >= 15 is 0 Å². The number of aryl methyl sites for hydroxylation is 3. The van der Waals surface area contributed by atoms with Crippen LogP contribution < -0.4 is 0 Å². The number of imidazole rings is 1. The highest BCUT2D eigenvalue weighted by molar-refractivity contribution is 5.90. The van der Waals surface area contributed by atoms with Gasteiger partial charge in [0.2, 0.25) is 0 Å².